The van der Waals surface area contributed by atoms with E-state index in [1.165, 1.54) is 16.8 Å². The molecular weight excluding hydrogens is 263 g/mol. The van der Waals surface area contributed by atoms with E-state index < -0.39 is 5.97 Å². The molecule has 0 spiro atoms. The number of aromatic nitrogens is 1. The van der Waals surface area contributed by atoms with Gasteiger partial charge in [-0.05, 0) is 18.6 Å². The van der Waals surface area contributed by atoms with Crippen LogP contribution in [0.4, 0.5) is 10.7 Å². The van der Waals surface area contributed by atoms with Crippen molar-refractivity contribution < 1.29 is 61.3 Å². The predicted octanol–water partition coefficient (Wildman–Crippen LogP) is -1.44. The Hall–Kier alpha value is -0.244. The average molecular weight is 272 g/mol. The molecule has 17 heavy (non-hydrogen) atoms. The van der Waals surface area contributed by atoms with Crippen molar-refractivity contribution in [3.05, 3.63) is 41.0 Å². The molecule has 2 aromatic rings. The molecule has 82 valence electrons. The van der Waals surface area contributed by atoms with Crippen molar-refractivity contribution in [1.29, 1.82) is 0 Å². The zero-order chi connectivity index (χ0) is 11.5. The van der Waals surface area contributed by atoms with Gasteiger partial charge in [-0.15, -0.1) is 11.3 Å². The quantitative estimate of drug-likeness (QED) is 0.695. The fraction of sp³-hybridized carbons (Fsp3) is 0.0909. The average Bonchev–Trinajstić information content (AvgIpc) is 2.69. The summed E-state index contributed by atoms with van der Waals surface area (Å²) < 4.78 is 0. The van der Waals surface area contributed by atoms with Crippen LogP contribution in [-0.2, 0) is 0 Å². The van der Waals surface area contributed by atoms with Crippen molar-refractivity contribution in [1.82, 2.24) is 4.98 Å². The molecule has 0 amide bonds. The molecule has 4 nitrogen and oxygen atoms in total. The minimum atomic E-state index is -1.27. The first-order valence-corrected chi connectivity index (χ1v) is 5.54. The van der Waals surface area contributed by atoms with Crippen LogP contribution in [-0.4, -0.2) is 11.0 Å². The number of benzene rings is 1. The van der Waals surface area contributed by atoms with Gasteiger partial charge in [0, 0.05) is 5.69 Å². The van der Waals surface area contributed by atoms with Crippen molar-refractivity contribution in [3.8, 4) is 0 Å². The first kappa shape index (κ1) is 14.8. The number of nitrogens with one attached hydrogen (secondary N) is 1. The number of nitrogens with zero attached hydrogens (tertiary/aromatic N) is 1. The maximum atomic E-state index is 10.8. The fourth-order valence-electron chi connectivity index (χ4n) is 1.32. The molecule has 0 radical (unpaired) electrons. The van der Waals surface area contributed by atoms with Gasteiger partial charge in [0.05, 0.1) is 11.5 Å². The van der Waals surface area contributed by atoms with E-state index in [9.17, 15) is 9.90 Å². The summed E-state index contributed by atoms with van der Waals surface area (Å²) in [6, 6.07) is 7.64. The van der Waals surface area contributed by atoms with Gasteiger partial charge in [0.15, 0.2) is 0 Å². The molecular formula is C11H9KN2O2S. The van der Waals surface area contributed by atoms with Crippen molar-refractivity contribution in [3.63, 3.8) is 0 Å². The van der Waals surface area contributed by atoms with Gasteiger partial charge in [-0.1, -0.05) is 18.2 Å². The Labute approximate surface area is 146 Å². The minimum absolute atomic E-state index is 0. The second-order valence-electron chi connectivity index (χ2n) is 3.26. The second kappa shape index (κ2) is 6.63. The Balaban J connectivity index is 0.00000144. The second-order valence-corrected chi connectivity index (χ2v) is 4.11. The number of aromatic carboxylic acids is 1. The summed E-state index contributed by atoms with van der Waals surface area (Å²) in [6.07, 6.45) is 0. The first-order chi connectivity index (χ1) is 7.68. The number of hydrogen-bond acceptors (Lipinski definition) is 5. The number of aryl methyl sites for hydroxylation is 1. The van der Waals surface area contributed by atoms with Gasteiger partial charge in [0.2, 0.25) is 0 Å². The number of rotatable bonds is 3. The van der Waals surface area contributed by atoms with Crippen LogP contribution in [0.1, 0.15) is 16.1 Å². The summed E-state index contributed by atoms with van der Waals surface area (Å²) in [7, 11) is 0. The van der Waals surface area contributed by atoms with Crippen LogP contribution in [0, 0.1) is 6.92 Å². The third-order valence-corrected chi connectivity index (χ3v) is 2.90. The van der Waals surface area contributed by atoms with Crippen LogP contribution in [0.5, 0.6) is 0 Å². The number of carboxylic acids is 1. The topological polar surface area (TPSA) is 65.0 Å². The monoisotopic (exact) mass is 272 g/mol. The van der Waals surface area contributed by atoms with Gasteiger partial charge < -0.3 is 15.2 Å². The molecule has 1 heterocycles. The molecule has 0 fully saturated rings. The van der Waals surface area contributed by atoms with Crippen molar-refractivity contribution >= 4 is 28.0 Å². The van der Waals surface area contributed by atoms with E-state index in [0.717, 1.165) is 11.3 Å². The summed E-state index contributed by atoms with van der Waals surface area (Å²) in [6.45, 7) is 1.95. The number of thiazole rings is 1. The van der Waals surface area contributed by atoms with E-state index in [1.54, 1.807) is 0 Å². The maximum absolute atomic E-state index is 10.8. The normalized spacial score (nSPS) is 9.47. The molecule has 0 unspecified atom stereocenters. The van der Waals surface area contributed by atoms with Crippen LogP contribution in [0.2, 0.25) is 0 Å². The van der Waals surface area contributed by atoms with Crippen LogP contribution in [0.15, 0.2) is 29.8 Å². The molecule has 0 aliphatic rings. The van der Waals surface area contributed by atoms with E-state index in [0.29, 0.717) is 5.00 Å². The molecule has 0 bridgehead atoms. The molecule has 1 aromatic heterocycles. The van der Waals surface area contributed by atoms with Crippen molar-refractivity contribution in [2.45, 2.75) is 6.92 Å². The number of para-hydroxylation sites is 1. The number of carboxylic acid groups (broad SMARTS) is 1. The van der Waals surface area contributed by atoms with E-state index in [1.807, 2.05) is 31.2 Å². The van der Waals surface area contributed by atoms with Crippen LogP contribution < -0.4 is 61.8 Å². The Morgan fingerprint density at radius 3 is 2.76 bits per heavy atom. The van der Waals surface area contributed by atoms with Crippen LogP contribution in [0.3, 0.4) is 0 Å². The zero-order valence-electron chi connectivity index (χ0n) is 9.56. The first-order valence-electron chi connectivity index (χ1n) is 4.66. The molecule has 0 atom stereocenters. The van der Waals surface area contributed by atoms with Gasteiger partial charge in [0.1, 0.15) is 10.7 Å². The third-order valence-electron chi connectivity index (χ3n) is 2.15. The molecule has 0 aliphatic heterocycles. The summed E-state index contributed by atoms with van der Waals surface area (Å²) in [5.41, 5.74) is 3.34. The predicted molar refractivity (Wildman–Crippen MR) is 60.9 cm³/mol. The summed E-state index contributed by atoms with van der Waals surface area (Å²) in [5.74, 6) is -1.27. The minimum Gasteiger partial charge on any atom is -0.543 e. The van der Waals surface area contributed by atoms with Crippen LogP contribution >= 0.6 is 11.3 Å². The van der Waals surface area contributed by atoms with Gasteiger partial charge in [-0.2, -0.15) is 0 Å². The molecule has 0 saturated carbocycles. The SMILES string of the molecule is Cc1ccccc1Nc1scnc1C(=O)[O-].[K+]. The fourth-order valence-corrected chi connectivity index (χ4v) is 2.00. The summed E-state index contributed by atoms with van der Waals surface area (Å²) in [5, 5.41) is 14.3. The summed E-state index contributed by atoms with van der Waals surface area (Å²) in [4.78, 5) is 14.5. The van der Waals surface area contributed by atoms with Gasteiger partial charge in [-0.3, -0.25) is 0 Å². The molecule has 1 aromatic carbocycles. The smallest absolute Gasteiger partial charge is 0.543 e. The van der Waals surface area contributed by atoms with Gasteiger partial charge in [-0.25, -0.2) is 4.98 Å². The number of carbonyl (C=O) groups excluding carboxylic acids is 1. The van der Waals surface area contributed by atoms with Crippen molar-refractivity contribution in [2.24, 2.45) is 0 Å². The Morgan fingerprint density at radius 2 is 2.12 bits per heavy atom. The Kier molecular flexibility index (Phi) is 5.77. The largest absolute Gasteiger partial charge is 1.00 e. The maximum Gasteiger partial charge on any atom is 1.00 e. The Morgan fingerprint density at radius 1 is 1.41 bits per heavy atom. The molecule has 1 N–H and O–H groups in total. The molecule has 6 heteroatoms. The van der Waals surface area contributed by atoms with Gasteiger partial charge >= 0.3 is 51.4 Å². The number of carbonyl (C=O) groups is 1. The Bertz CT molecular complexity index is 528. The van der Waals surface area contributed by atoms with Crippen LogP contribution in [0.25, 0.3) is 0 Å². The van der Waals surface area contributed by atoms with E-state index in [4.69, 9.17) is 0 Å². The standard InChI is InChI=1S/C11H10N2O2S.K/c1-7-4-2-3-5-8(7)13-10-9(11(14)15)12-6-16-10;/h2-6,13H,1H3,(H,14,15);/q;+1/p-1. The van der Waals surface area contributed by atoms with Crippen molar-refractivity contribution in [2.75, 3.05) is 5.32 Å². The number of hydrogen-bond donors (Lipinski definition) is 1. The van der Waals surface area contributed by atoms with E-state index in [-0.39, 0.29) is 57.1 Å². The summed E-state index contributed by atoms with van der Waals surface area (Å²) >= 11 is 1.24. The van der Waals surface area contributed by atoms with E-state index >= 15 is 0 Å². The number of anilines is 2. The zero-order valence-corrected chi connectivity index (χ0v) is 13.5. The molecule has 0 aliphatic carbocycles. The molecule has 0 saturated heterocycles. The third kappa shape index (κ3) is 3.61. The molecule has 2 rings (SSSR count). The van der Waals surface area contributed by atoms with E-state index in [2.05, 4.69) is 10.3 Å². The van der Waals surface area contributed by atoms with Gasteiger partial charge in [0.25, 0.3) is 0 Å².